The van der Waals surface area contributed by atoms with Gasteiger partial charge in [-0.2, -0.15) is 0 Å². The van der Waals surface area contributed by atoms with Crippen molar-refractivity contribution < 1.29 is 14.3 Å². The molecular formula is C23H36N4O3S. The first-order valence-electron chi connectivity index (χ1n) is 11.4. The van der Waals surface area contributed by atoms with E-state index in [1.54, 1.807) is 6.92 Å². The van der Waals surface area contributed by atoms with E-state index < -0.39 is 0 Å². The molecule has 3 rings (SSSR count). The molecule has 31 heavy (non-hydrogen) atoms. The maximum Gasteiger partial charge on any atom is 0.219 e. The number of anilines is 1. The van der Waals surface area contributed by atoms with Crippen LogP contribution in [-0.2, 0) is 9.53 Å². The number of ether oxygens (including phenoxy) is 2. The smallest absolute Gasteiger partial charge is 0.219 e. The van der Waals surface area contributed by atoms with Crippen LogP contribution in [0.3, 0.4) is 0 Å². The highest BCUT2D eigenvalue weighted by Crippen LogP contribution is 2.21. The molecule has 172 valence electrons. The van der Waals surface area contributed by atoms with Crippen LogP contribution in [-0.4, -0.2) is 90.9 Å². The van der Waals surface area contributed by atoms with Gasteiger partial charge < -0.3 is 24.6 Å². The number of amides is 1. The predicted octanol–water partition coefficient (Wildman–Crippen LogP) is 2.82. The lowest BCUT2D eigenvalue weighted by Gasteiger charge is -2.40. The van der Waals surface area contributed by atoms with Crippen LogP contribution in [0, 0.1) is 0 Å². The average molecular weight is 449 g/mol. The molecule has 2 aliphatic rings. The van der Waals surface area contributed by atoms with Crippen LogP contribution >= 0.6 is 12.2 Å². The number of likely N-dealkylation sites (tertiary alicyclic amines) is 1. The summed E-state index contributed by atoms with van der Waals surface area (Å²) in [7, 11) is 0. The Morgan fingerprint density at radius 3 is 2.48 bits per heavy atom. The SMILES string of the molecule is CCOc1ccc(NC(=S)N(CCCN2CCOCC2)C2CCN(C(C)=O)CC2)cc1. The fourth-order valence-corrected chi connectivity index (χ4v) is 4.59. The lowest BCUT2D eigenvalue weighted by Crippen LogP contribution is -2.50. The van der Waals surface area contributed by atoms with Gasteiger partial charge >= 0.3 is 0 Å². The maximum atomic E-state index is 11.7. The summed E-state index contributed by atoms with van der Waals surface area (Å²) in [6.07, 6.45) is 2.95. The third kappa shape index (κ3) is 7.33. The molecule has 0 atom stereocenters. The van der Waals surface area contributed by atoms with E-state index in [0.29, 0.717) is 12.6 Å². The van der Waals surface area contributed by atoms with Crippen LogP contribution < -0.4 is 10.1 Å². The van der Waals surface area contributed by atoms with Crippen molar-refractivity contribution in [2.75, 3.05) is 64.4 Å². The molecule has 1 N–H and O–H groups in total. The Hall–Kier alpha value is -1.90. The minimum absolute atomic E-state index is 0.160. The number of nitrogens with zero attached hydrogens (tertiary/aromatic N) is 3. The van der Waals surface area contributed by atoms with Gasteiger partial charge in [-0.15, -0.1) is 0 Å². The van der Waals surface area contributed by atoms with Crippen molar-refractivity contribution in [2.24, 2.45) is 0 Å². The van der Waals surface area contributed by atoms with Crippen molar-refractivity contribution in [2.45, 2.75) is 39.2 Å². The van der Waals surface area contributed by atoms with Crippen molar-refractivity contribution in [3.8, 4) is 5.75 Å². The number of carbonyl (C=O) groups is 1. The van der Waals surface area contributed by atoms with Gasteiger partial charge in [0.1, 0.15) is 5.75 Å². The van der Waals surface area contributed by atoms with Gasteiger partial charge in [-0.25, -0.2) is 0 Å². The first-order chi connectivity index (χ1) is 15.1. The zero-order valence-corrected chi connectivity index (χ0v) is 19.7. The molecule has 1 aromatic rings. The summed E-state index contributed by atoms with van der Waals surface area (Å²) < 4.78 is 11.0. The van der Waals surface area contributed by atoms with Crippen molar-refractivity contribution in [3.05, 3.63) is 24.3 Å². The Morgan fingerprint density at radius 2 is 1.87 bits per heavy atom. The third-order valence-electron chi connectivity index (χ3n) is 6.01. The number of morpholine rings is 1. The van der Waals surface area contributed by atoms with E-state index >= 15 is 0 Å². The molecule has 2 fully saturated rings. The first kappa shape index (κ1) is 23.8. The highest BCUT2D eigenvalue weighted by atomic mass is 32.1. The Balaban J connectivity index is 1.59. The van der Waals surface area contributed by atoms with Crippen LogP contribution in [0.2, 0.25) is 0 Å². The number of carbonyl (C=O) groups excluding carboxylic acids is 1. The van der Waals surface area contributed by atoms with E-state index in [0.717, 1.165) is 88.3 Å². The molecule has 0 bridgehead atoms. The molecule has 1 amide bonds. The molecule has 7 nitrogen and oxygen atoms in total. The van der Waals surface area contributed by atoms with Crippen molar-refractivity contribution in [1.29, 1.82) is 0 Å². The van der Waals surface area contributed by atoms with Gasteiger partial charge in [0.25, 0.3) is 0 Å². The monoisotopic (exact) mass is 448 g/mol. The standard InChI is InChI=1S/C23H36N4O3S/c1-3-30-22-7-5-20(6-8-22)24-23(31)27(12-4-11-25-15-17-29-18-16-25)21-9-13-26(14-10-21)19(2)28/h5-8,21H,3-4,9-18H2,1-2H3,(H,24,31). The van der Waals surface area contributed by atoms with E-state index in [1.807, 2.05) is 36.1 Å². The van der Waals surface area contributed by atoms with Crippen LogP contribution in [0.1, 0.15) is 33.1 Å². The summed E-state index contributed by atoms with van der Waals surface area (Å²) in [5.74, 6) is 1.02. The van der Waals surface area contributed by atoms with E-state index in [9.17, 15) is 4.79 Å². The summed E-state index contributed by atoms with van der Waals surface area (Å²) in [5.41, 5.74) is 0.966. The van der Waals surface area contributed by atoms with Gasteiger partial charge in [-0.1, -0.05) is 0 Å². The first-order valence-corrected chi connectivity index (χ1v) is 11.8. The fraction of sp³-hybridized carbons (Fsp3) is 0.652. The number of rotatable bonds is 8. The molecule has 0 aromatic heterocycles. The van der Waals surface area contributed by atoms with Gasteiger partial charge in [0, 0.05) is 57.9 Å². The topological polar surface area (TPSA) is 57.3 Å². The third-order valence-corrected chi connectivity index (χ3v) is 6.34. The lowest BCUT2D eigenvalue weighted by molar-refractivity contribution is -0.130. The second-order valence-electron chi connectivity index (χ2n) is 8.13. The maximum absolute atomic E-state index is 11.7. The Kier molecular flexibility index (Phi) is 9.36. The van der Waals surface area contributed by atoms with Crippen LogP contribution in [0.25, 0.3) is 0 Å². The largest absolute Gasteiger partial charge is 0.494 e. The van der Waals surface area contributed by atoms with Crippen molar-refractivity contribution in [1.82, 2.24) is 14.7 Å². The van der Waals surface area contributed by atoms with E-state index in [2.05, 4.69) is 15.1 Å². The number of piperidine rings is 1. The van der Waals surface area contributed by atoms with Gasteiger partial charge in [-0.3, -0.25) is 9.69 Å². The number of hydrogen-bond acceptors (Lipinski definition) is 5. The van der Waals surface area contributed by atoms with Crippen LogP contribution in [0.5, 0.6) is 5.75 Å². The second-order valence-corrected chi connectivity index (χ2v) is 8.51. The van der Waals surface area contributed by atoms with E-state index in [4.69, 9.17) is 21.7 Å². The summed E-state index contributed by atoms with van der Waals surface area (Å²) in [4.78, 5) is 18.5. The number of nitrogens with one attached hydrogen (secondary N) is 1. The quantitative estimate of drug-likeness (QED) is 0.614. The normalized spacial score (nSPS) is 17.9. The number of thiocarbonyl (C=S) groups is 1. The zero-order valence-electron chi connectivity index (χ0n) is 18.8. The predicted molar refractivity (Wildman–Crippen MR) is 128 cm³/mol. The van der Waals surface area contributed by atoms with Crippen molar-refractivity contribution >= 4 is 28.9 Å². The van der Waals surface area contributed by atoms with Crippen LogP contribution in [0.4, 0.5) is 5.69 Å². The van der Waals surface area contributed by atoms with Gasteiger partial charge in [-0.05, 0) is 62.7 Å². The minimum Gasteiger partial charge on any atom is -0.494 e. The number of hydrogen-bond donors (Lipinski definition) is 1. The summed E-state index contributed by atoms with van der Waals surface area (Å²) in [5, 5.41) is 4.18. The molecule has 0 radical (unpaired) electrons. The average Bonchev–Trinajstić information content (AvgIpc) is 2.79. The molecule has 0 unspecified atom stereocenters. The molecule has 2 heterocycles. The highest BCUT2D eigenvalue weighted by molar-refractivity contribution is 7.80. The molecule has 0 saturated carbocycles. The molecule has 8 heteroatoms. The highest BCUT2D eigenvalue weighted by Gasteiger charge is 2.27. The minimum atomic E-state index is 0.160. The Labute approximate surface area is 191 Å². The zero-order chi connectivity index (χ0) is 22.1. The number of benzene rings is 1. The summed E-state index contributed by atoms with van der Waals surface area (Å²) >= 11 is 5.84. The van der Waals surface area contributed by atoms with Gasteiger partial charge in [0.15, 0.2) is 5.11 Å². The van der Waals surface area contributed by atoms with Crippen LogP contribution in [0.15, 0.2) is 24.3 Å². The van der Waals surface area contributed by atoms with E-state index in [1.165, 1.54) is 0 Å². The Morgan fingerprint density at radius 1 is 1.19 bits per heavy atom. The molecule has 0 spiro atoms. The lowest BCUT2D eigenvalue weighted by atomic mass is 10.0. The van der Waals surface area contributed by atoms with Gasteiger partial charge in [0.05, 0.1) is 19.8 Å². The van der Waals surface area contributed by atoms with E-state index in [-0.39, 0.29) is 5.91 Å². The molecule has 2 aliphatic heterocycles. The molecule has 1 aromatic carbocycles. The van der Waals surface area contributed by atoms with Crippen molar-refractivity contribution in [3.63, 3.8) is 0 Å². The summed E-state index contributed by atoms with van der Waals surface area (Å²) in [6.45, 7) is 11.5. The van der Waals surface area contributed by atoms with Gasteiger partial charge in [0.2, 0.25) is 5.91 Å². The molecule has 2 saturated heterocycles. The molecular weight excluding hydrogens is 412 g/mol. The Bertz CT molecular complexity index is 701. The molecule has 0 aliphatic carbocycles. The summed E-state index contributed by atoms with van der Waals surface area (Å²) in [6, 6.07) is 8.27. The fourth-order valence-electron chi connectivity index (χ4n) is 4.23. The second kappa shape index (κ2) is 12.2.